The van der Waals surface area contributed by atoms with Crippen molar-refractivity contribution >= 4 is 23.0 Å². The molecule has 0 aliphatic carbocycles. The van der Waals surface area contributed by atoms with Gasteiger partial charge in [0.1, 0.15) is 11.4 Å². The van der Waals surface area contributed by atoms with Crippen LogP contribution in [-0.4, -0.2) is 22.6 Å². The lowest BCUT2D eigenvalue weighted by Gasteiger charge is -2.10. The van der Waals surface area contributed by atoms with E-state index >= 15 is 0 Å². The zero-order valence-electron chi connectivity index (χ0n) is 13.2. The standard InChI is InChI=1S/C17H18N2O5/c1-12-4-6-13(7-5-12)18-15-11-14(8-9-16(15)19(22)23)24-10-2-3-17(20)21/h4-9,11,18H,2-3,10H2,1H3,(H,20,21). The summed E-state index contributed by atoms with van der Waals surface area (Å²) in [6.45, 7) is 2.19. The molecule has 0 radical (unpaired) electrons. The summed E-state index contributed by atoms with van der Waals surface area (Å²) in [5.74, 6) is -0.440. The number of nitro groups is 1. The molecule has 0 aromatic heterocycles. The number of nitro benzene ring substituents is 1. The van der Waals surface area contributed by atoms with Crippen LogP contribution in [0.15, 0.2) is 42.5 Å². The van der Waals surface area contributed by atoms with Crippen molar-refractivity contribution in [3.05, 3.63) is 58.1 Å². The minimum Gasteiger partial charge on any atom is -0.493 e. The highest BCUT2D eigenvalue weighted by atomic mass is 16.6. The SMILES string of the molecule is Cc1ccc(Nc2cc(OCCCC(=O)O)ccc2[N+](=O)[O-])cc1. The third kappa shape index (κ3) is 4.98. The minimum absolute atomic E-state index is 0.0153. The van der Waals surface area contributed by atoms with E-state index in [2.05, 4.69) is 5.32 Å². The van der Waals surface area contributed by atoms with Gasteiger partial charge in [0.05, 0.1) is 11.5 Å². The Morgan fingerprint density at radius 1 is 1.25 bits per heavy atom. The fraction of sp³-hybridized carbons (Fsp3) is 0.235. The second kappa shape index (κ2) is 7.96. The monoisotopic (exact) mass is 330 g/mol. The predicted octanol–water partition coefficient (Wildman–Crippen LogP) is 3.89. The lowest BCUT2D eigenvalue weighted by molar-refractivity contribution is -0.383. The number of carboxylic acid groups (broad SMARTS) is 1. The number of nitrogens with one attached hydrogen (secondary N) is 1. The number of hydrogen-bond donors (Lipinski definition) is 2. The molecule has 2 aromatic rings. The van der Waals surface area contributed by atoms with Crippen LogP contribution >= 0.6 is 0 Å². The van der Waals surface area contributed by atoms with Gasteiger partial charge in [-0.05, 0) is 31.5 Å². The molecule has 0 bridgehead atoms. The van der Waals surface area contributed by atoms with Crippen molar-refractivity contribution in [3.8, 4) is 5.75 Å². The average molecular weight is 330 g/mol. The van der Waals surface area contributed by atoms with Gasteiger partial charge in [0.2, 0.25) is 0 Å². The summed E-state index contributed by atoms with van der Waals surface area (Å²) in [6.07, 6.45) is 0.383. The first kappa shape index (κ1) is 17.3. The van der Waals surface area contributed by atoms with E-state index in [9.17, 15) is 14.9 Å². The fourth-order valence-corrected chi connectivity index (χ4v) is 2.07. The Bertz CT molecular complexity index is 728. The fourth-order valence-electron chi connectivity index (χ4n) is 2.07. The van der Waals surface area contributed by atoms with Gasteiger partial charge < -0.3 is 15.2 Å². The Hall–Kier alpha value is -3.09. The maximum Gasteiger partial charge on any atom is 0.303 e. The number of carboxylic acids is 1. The van der Waals surface area contributed by atoms with Crippen LogP contribution in [0.4, 0.5) is 17.1 Å². The molecular weight excluding hydrogens is 312 g/mol. The molecule has 0 saturated heterocycles. The normalized spacial score (nSPS) is 10.2. The Balaban J connectivity index is 2.13. The maximum absolute atomic E-state index is 11.2. The summed E-state index contributed by atoms with van der Waals surface area (Å²) >= 11 is 0. The number of carbonyl (C=O) groups is 1. The van der Waals surface area contributed by atoms with Gasteiger partial charge in [-0.3, -0.25) is 14.9 Å². The quantitative estimate of drug-likeness (QED) is 0.432. The maximum atomic E-state index is 11.2. The van der Waals surface area contributed by atoms with Crippen LogP contribution in [0, 0.1) is 17.0 Å². The Kier molecular flexibility index (Phi) is 5.73. The number of benzene rings is 2. The molecule has 24 heavy (non-hydrogen) atoms. The van der Waals surface area contributed by atoms with Crippen molar-refractivity contribution in [1.29, 1.82) is 0 Å². The van der Waals surface area contributed by atoms with E-state index in [0.29, 0.717) is 17.9 Å². The predicted molar refractivity (Wildman–Crippen MR) is 89.9 cm³/mol. The third-order valence-corrected chi connectivity index (χ3v) is 3.30. The zero-order valence-corrected chi connectivity index (χ0v) is 13.2. The van der Waals surface area contributed by atoms with Crippen LogP contribution in [0.2, 0.25) is 0 Å². The van der Waals surface area contributed by atoms with Gasteiger partial charge >= 0.3 is 5.97 Å². The number of nitrogens with zero attached hydrogens (tertiary/aromatic N) is 1. The Morgan fingerprint density at radius 2 is 1.96 bits per heavy atom. The van der Waals surface area contributed by atoms with Crippen LogP contribution in [0.25, 0.3) is 0 Å². The first-order valence-corrected chi connectivity index (χ1v) is 7.42. The van der Waals surface area contributed by atoms with Crippen molar-refractivity contribution in [2.24, 2.45) is 0 Å². The molecular formula is C17H18N2O5. The van der Waals surface area contributed by atoms with Crippen LogP contribution in [0.5, 0.6) is 5.75 Å². The summed E-state index contributed by atoms with van der Waals surface area (Å²) in [4.78, 5) is 21.2. The number of rotatable bonds is 8. The molecule has 2 rings (SSSR count). The first-order valence-electron chi connectivity index (χ1n) is 7.42. The van der Waals surface area contributed by atoms with Crippen molar-refractivity contribution in [1.82, 2.24) is 0 Å². The molecule has 0 unspecified atom stereocenters. The number of hydrogen-bond acceptors (Lipinski definition) is 5. The number of ether oxygens (including phenoxy) is 1. The molecule has 0 spiro atoms. The van der Waals surface area contributed by atoms with E-state index in [1.165, 1.54) is 12.1 Å². The van der Waals surface area contributed by atoms with E-state index in [1.807, 2.05) is 31.2 Å². The molecule has 2 N–H and O–H groups in total. The topological polar surface area (TPSA) is 102 Å². The van der Waals surface area contributed by atoms with Gasteiger partial charge in [-0.15, -0.1) is 0 Å². The van der Waals surface area contributed by atoms with E-state index < -0.39 is 10.9 Å². The first-order chi connectivity index (χ1) is 11.5. The average Bonchev–Trinajstić information content (AvgIpc) is 2.53. The van der Waals surface area contributed by atoms with E-state index in [-0.39, 0.29) is 18.7 Å². The molecule has 0 atom stereocenters. The van der Waals surface area contributed by atoms with Gasteiger partial charge in [0.25, 0.3) is 5.69 Å². The number of aliphatic carboxylic acids is 1. The van der Waals surface area contributed by atoms with Gasteiger partial charge in [-0.25, -0.2) is 0 Å². The van der Waals surface area contributed by atoms with Crippen molar-refractivity contribution < 1.29 is 19.6 Å². The molecule has 7 heteroatoms. The summed E-state index contributed by atoms with van der Waals surface area (Å²) in [5, 5.41) is 22.8. The second-order valence-corrected chi connectivity index (χ2v) is 5.27. The van der Waals surface area contributed by atoms with Crippen molar-refractivity contribution in [2.75, 3.05) is 11.9 Å². The third-order valence-electron chi connectivity index (χ3n) is 3.30. The molecule has 0 aliphatic rings. The highest BCUT2D eigenvalue weighted by Crippen LogP contribution is 2.31. The lowest BCUT2D eigenvalue weighted by atomic mass is 10.2. The van der Waals surface area contributed by atoms with Gasteiger partial charge in [0, 0.05) is 24.2 Å². The molecule has 2 aromatic carbocycles. The molecule has 0 heterocycles. The van der Waals surface area contributed by atoms with Crippen LogP contribution in [-0.2, 0) is 4.79 Å². The molecule has 0 aliphatic heterocycles. The largest absolute Gasteiger partial charge is 0.493 e. The smallest absolute Gasteiger partial charge is 0.303 e. The highest BCUT2D eigenvalue weighted by Gasteiger charge is 2.15. The zero-order chi connectivity index (χ0) is 17.5. The van der Waals surface area contributed by atoms with Crippen molar-refractivity contribution in [3.63, 3.8) is 0 Å². The molecule has 0 fully saturated rings. The summed E-state index contributed by atoms with van der Waals surface area (Å²) in [7, 11) is 0. The Labute approximate surface area is 139 Å². The van der Waals surface area contributed by atoms with Crippen LogP contribution in [0.1, 0.15) is 18.4 Å². The van der Waals surface area contributed by atoms with Crippen LogP contribution in [0.3, 0.4) is 0 Å². The van der Waals surface area contributed by atoms with E-state index in [0.717, 1.165) is 11.3 Å². The number of anilines is 2. The van der Waals surface area contributed by atoms with Gasteiger partial charge in [-0.1, -0.05) is 17.7 Å². The minimum atomic E-state index is -0.885. The summed E-state index contributed by atoms with van der Waals surface area (Å²) in [6, 6.07) is 11.9. The number of aryl methyl sites for hydroxylation is 1. The van der Waals surface area contributed by atoms with Crippen LogP contribution < -0.4 is 10.1 Å². The summed E-state index contributed by atoms with van der Waals surface area (Å²) < 4.78 is 5.46. The Morgan fingerprint density at radius 3 is 2.58 bits per heavy atom. The highest BCUT2D eigenvalue weighted by molar-refractivity contribution is 5.71. The molecule has 0 amide bonds. The van der Waals surface area contributed by atoms with Gasteiger partial charge in [-0.2, -0.15) is 0 Å². The second-order valence-electron chi connectivity index (χ2n) is 5.27. The van der Waals surface area contributed by atoms with Gasteiger partial charge in [0.15, 0.2) is 0 Å². The summed E-state index contributed by atoms with van der Waals surface area (Å²) in [5.41, 5.74) is 2.07. The molecule has 7 nitrogen and oxygen atoms in total. The molecule has 126 valence electrons. The van der Waals surface area contributed by atoms with Crippen molar-refractivity contribution in [2.45, 2.75) is 19.8 Å². The lowest BCUT2D eigenvalue weighted by Crippen LogP contribution is -2.03. The molecule has 0 saturated carbocycles. The van der Waals surface area contributed by atoms with E-state index in [1.54, 1.807) is 6.07 Å². The van der Waals surface area contributed by atoms with E-state index in [4.69, 9.17) is 9.84 Å².